The van der Waals surface area contributed by atoms with Crippen LogP contribution in [0.1, 0.15) is 39.5 Å². The van der Waals surface area contributed by atoms with Crippen molar-refractivity contribution in [3.05, 3.63) is 30.3 Å². The molecule has 0 bridgehead atoms. The molecule has 6 heteroatoms. The van der Waals surface area contributed by atoms with Crippen LogP contribution in [-0.2, 0) is 4.74 Å². The molecule has 166 valence electrons. The van der Waals surface area contributed by atoms with Crippen LogP contribution in [0.15, 0.2) is 30.3 Å². The van der Waals surface area contributed by atoms with Crippen molar-refractivity contribution in [3.8, 4) is 0 Å². The number of anilines is 1. The van der Waals surface area contributed by atoms with Gasteiger partial charge in [0.1, 0.15) is 0 Å². The number of carbonyl (C=O) groups excluding carboxylic acids is 1. The van der Waals surface area contributed by atoms with Crippen molar-refractivity contribution in [2.75, 3.05) is 63.9 Å². The molecule has 1 aromatic carbocycles. The molecule has 1 aromatic rings. The highest BCUT2D eigenvalue weighted by atomic mass is 16.5. The number of amides is 2. The summed E-state index contributed by atoms with van der Waals surface area (Å²) in [7, 11) is 0. The molecule has 0 radical (unpaired) electrons. The molecule has 3 heterocycles. The molecule has 3 aliphatic rings. The van der Waals surface area contributed by atoms with E-state index in [0.29, 0.717) is 6.04 Å². The Balaban J connectivity index is 1.30. The van der Waals surface area contributed by atoms with Gasteiger partial charge in [0.15, 0.2) is 0 Å². The number of carbonyl (C=O) groups is 1. The van der Waals surface area contributed by atoms with Gasteiger partial charge in [0.2, 0.25) is 0 Å². The van der Waals surface area contributed by atoms with E-state index in [9.17, 15) is 4.79 Å². The molecule has 6 nitrogen and oxygen atoms in total. The molecule has 30 heavy (non-hydrogen) atoms. The zero-order valence-corrected chi connectivity index (χ0v) is 18.8. The van der Waals surface area contributed by atoms with Crippen molar-refractivity contribution < 1.29 is 9.53 Å². The summed E-state index contributed by atoms with van der Waals surface area (Å²) in [5.41, 5.74) is 1.31. The number of ether oxygens (including phenoxy) is 1. The number of piperidine rings is 1. The number of piperazine rings is 1. The average molecular weight is 415 g/mol. The highest BCUT2D eigenvalue weighted by Gasteiger charge is 2.43. The standard InChI is InChI=1S/C24H38N4O2/c1-3-25(4-2)23(29)28-13-11-24(12-14-28)20-22(10-19-30-24)27-17-15-26(16-18-27)21-8-6-5-7-9-21/h5-9,22H,3-4,10-20H2,1-2H3. The van der Waals surface area contributed by atoms with Crippen LogP contribution < -0.4 is 4.90 Å². The number of hydrogen-bond acceptors (Lipinski definition) is 4. The van der Waals surface area contributed by atoms with Crippen molar-refractivity contribution in [2.24, 2.45) is 0 Å². The summed E-state index contributed by atoms with van der Waals surface area (Å²) in [4.78, 5) is 21.8. The Labute approximate surface area is 181 Å². The average Bonchev–Trinajstić information content (AvgIpc) is 2.81. The zero-order valence-electron chi connectivity index (χ0n) is 18.8. The number of rotatable bonds is 4. The maximum absolute atomic E-state index is 12.7. The van der Waals surface area contributed by atoms with Crippen molar-refractivity contribution in [1.82, 2.24) is 14.7 Å². The molecular formula is C24H38N4O2. The monoisotopic (exact) mass is 414 g/mol. The lowest BCUT2D eigenvalue weighted by Crippen LogP contribution is -2.58. The van der Waals surface area contributed by atoms with Crippen LogP contribution >= 0.6 is 0 Å². The largest absolute Gasteiger partial charge is 0.375 e. The summed E-state index contributed by atoms with van der Waals surface area (Å²) in [5.74, 6) is 0. The number of hydrogen-bond donors (Lipinski definition) is 0. The first-order chi connectivity index (χ1) is 14.6. The molecule has 3 saturated heterocycles. The Morgan fingerprint density at radius 1 is 1.03 bits per heavy atom. The lowest BCUT2D eigenvalue weighted by atomic mass is 9.81. The third-order valence-corrected chi connectivity index (χ3v) is 7.40. The van der Waals surface area contributed by atoms with Crippen LogP contribution in [0.3, 0.4) is 0 Å². The van der Waals surface area contributed by atoms with Crippen molar-refractivity contribution >= 4 is 11.7 Å². The number of benzene rings is 1. The maximum Gasteiger partial charge on any atom is 0.319 e. The molecule has 3 aliphatic heterocycles. The minimum atomic E-state index is -0.0283. The molecule has 3 fully saturated rings. The van der Waals surface area contributed by atoms with E-state index in [1.807, 2.05) is 9.80 Å². The van der Waals surface area contributed by atoms with Crippen molar-refractivity contribution in [3.63, 3.8) is 0 Å². The molecule has 0 N–H and O–H groups in total. The predicted octanol–water partition coefficient (Wildman–Crippen LogP) is 3.28. The first-order valence-electron chi connectivity index (χ1n) is 11.9. The van der Waals surface area contributed by atoms with E-state index in [4.69, 9.17) is 4.74 Å². The summed E-state index contributed by atoms with van der Waals surface area (Å²) in [6, 6.07) is 11.6. The van der Waals surface area contributed by atoms with Gasteiger partial charge in [0.05, 0.1) is 5.60 Å². The van der Waals surface area contributed by atoms with Gasteiger partial charge < -0.3 is 19.4 Å². The van der Waals surface area contributed by atoms with E-state index in [1.165, 1.54) is 5.69 Å². The van der Waals surface area contributed by atoms with Gasteiger partial charge in [-0.15, -0.1) is 0 Å². The molecule has 4 rings (SSSR count). The van der Waals surface area contributed by atoms with Crippen LogP contribution in [0.5, 0.6) is 0 Å². The Kier molecular flexibility index (Phi) is 6.84. The second-order valence-corrected chi connectivity index (χ2v) is 8.98. The fourth-order valence-electron chi connectivity index (χ4n) is 5.45. The summed E-state index contributed by atoms with van der Waals surface area (Å²) in [6.07, 6.45) is 4.20. The predicted molar refractivity (Wildman–Crippen MR) is 121 cm³/mol. The summed E-state index contributed by atoms with van der Waals surface area (Å²) < 4.78 is 6.37. The van der Waals surface area contributed by atoms with Crippen LogP contribution in [0.25, 0.3) is 0 Å². The molecule has 1 spiro atoms. The normalized spacial score (nSPS) is 24.8. The second-order valence-electron chi connectivity index (χ2n) is 8.98. The molecule has 0 saturated carbocycles. The summed E-state index contributed by atoms with van der Waals surface area (Å²) >= 11 is 0. The molecule has 1 unspecified atom stereocenters. The van der Waals surface area contributed by atoms with Gasteiger partial charge in [-0.2, -0.15) is 0 Å². The van der Waals surface area contributed by atoms with Crippen molar-refractivity contribution in [1.29, 1.82) is 0 Å². The van der Waals surface area contributed by atoms with Gasteiger partial charge in [0, 0.05) is 70.7 Å². The second kappa shape index (κ2) is 9.56. The van der Waals surface area contributed by atoms with Gasteiger partial charge >= 0.3 is 6.03 Å². The van der Waals surface area contributed by atoms with Gasteiger partial charge in [-0.25, -0.2) is 4.79 Å². The maximum atomic E-state index is 12.7. The van der Waals surface area contributed by atoms with E-state index in [-0.39, 0.29) is 11.6 Å². The number of para-hydroxylation sites is 1. The van der Waals surface area contributed by atoms with E-state index < -0.39 is 0 Å². The van der Waals surface area contributed by atoms with Gasteiger partial charge in [-0.05, 0) is 51.7 Å². The molecule has 0 aliphatic carbocycles. The van der Waals surface area contributed by atoms with Crippen LogP contribution in [-0.4, -0.2) is 91.3 Å². The highest BCUT2D eigenvalue weighted by Crippen LogP contribution is 2.37. The van der Waals surface area contributed by atoms with Gasteiger partial charge in [-0.3, -0.25) is 4.90 Å². The van der Waals surface area contributed by atoms with Crippen molar-refractivity contribution in [2.45, 2.75) is 51.2 Å². The number of urea groups is 1. The Hall–Kier alpha value is -1.79. The first kappa shape index (κ1) is 21.4. The number of nitrogens with zero attached hydrogens (tertiary/aromatic N) is 4. The highest BCUT2D eigenvalue weighted by molar-refractivity contribution is 5.74. The fourth-order valence-corrected chi connectivity index (χ4v) is 5.45. The molecule has 0 aromatic heterocycles. The molecular weight excluding hydrogens is 376 g/mol. The Morgan fingerprint density at radius 2 is 1.70 bits per heavy atom. The van der Waals surface area contributed by atoms with Gasteiger partial charge in [-0.1, -0.05) is 18.2 Å². The Bertz CT molecular complexity index is 678. The van der Waals surface area contributed by atoms with E-state index in [0.717, 1.165) is 84.6 Å². The Morgan fingerprint density at radius 3 is 2.33 bits per heavy atom. The number of likely N-dealkylation sites (tertiary alicyclic amines) is 1. The van der Waals surface area contributed by atoms with E-state index >= 15 is 0 Å². The van der Waals surface area contributed by atoms with Crippen LogP contribution in [0.4, 0.5) is 10.5 Å². The minimum Gasteiger partial charge on any atom is -0.375 e. The summed E-state index contributed by atoms with van der Waals surface area (Å²) in [5, 5.41) is 0. The third-order valence-electron chi connectivity index (χ3n) is 7.40. The van der Waals surface area contributed by atoms with E-state index in [1.54, 1.807) is 0 Å². The quantitative estimate of drug-likeness (QED) is 0.758. The summed E-state index contributed by atoms with van der Waals surface area (Å²) in [6.45, 7) is 12.6. The fraction of sp³-hybridized carbons (Fsp3) is 0.708. The van der Waals surface area contributed by atoms with Crippen LogP contribution in [0.2, 0.25) is 0 Å². The smallest absolute Gasteiger partial charge is 0.319 e. The van der Waals surface area contributed by atoms with E-state index in [2.05, 4.69) is 54.0 Å². The zero-order chi connectivity index (χ0) is 21.0. The minimum absolute atomic E-state index is 0.0283. The molecule has 2 amide bonds. The SMILES string of the molecule is CCN(CC)C(=O)N1CCC2(CC1)CC(N1CCN(c3ccccc3)CC1)CCO2. The first-order valence-corrected chi connectivity index (χ1v) is 11.9. The lowest BCUT2D eigenvalue weighted by Gasteiger charge is -2.50. The molecule has 1 atom stereocenters. The third kappa shape index (κ3) is 4.59. The van der Waals surface area contributed by atoms with Crippen LogP contribution in [0, 0.1) is 0 Å². The van der Waals surface area contributed by atoms with Gasteiger partial charge in [0.25, 0.3) is 0 Å². The lowest BCUT2D eigenvalue weighted by molar-refractivity contribution is -0.130. The topological polar surface area (TPSA) is 39.3 Å².